The van der Waals surface area contributed by atoms with Gasteiger partial charge in [0, 0.05) is 43.0 Å². The van der Waals surface area contributed by atoms with E-state index in [0.29, 0.717) is 36.0 Å². The van der Waals surface area contributed by atoms with Crippen molar-refractivity contribution in [3.05, 3.63) is 53.9 Å². The molecule has 0 saturated heterocycles. The second kappa shape index (κ2) is 10.7. The lowest BCUT2D eigenvalue weighted by molar-refractivity contribution is -0.118. The second-order valence-corrected chi connectivity index (χ2v) is 7.73. The van der Waals surface area contributed by atoms with Crippen LogP contribution < -0.4 is 10.6 Å². The lowest BCUT2D eigenvalue weighted by Crippen LogP contribution is -2.32. The minimum atomic E-state index is -0.524. The molecule has 0 bridgehead atoms. The first-order chi connectivity index (χ1) is 15.0. The largest absolute Gasteiger partial charge is 0.409 e. The van der Waals surface area contributed by atoms with Crippen LogP contribution in [0.1, 0.15) is 68.1 Å². The zero-order valence-corrected chi connectivity index (χ0v) is 17.5. The fourth-order valence-electron chi connectivity index (χ4n) is 3.27. The van der Waals surface area contributed by atoms with E-state index in [1.165, 1.54) is 0 Å². The Morgan fingerprint density at radius 1 is 1.32 bits per heavy atom. The molecule has 3 N–H and O–H groups in total. The Kier molecular flexibility index (Phi) is 7.75. The van der Waals surface area contributed by atoms with Crippen molar-refractivity contribution in [3.8, 4) is 0 Å². The third-order valence-electron chi connectivity index (χ3n) is 5.17. The lowest BCUT2D eigenvalue weighted by atomic mass is 10.1. The molecule has 9 heteroatoms. The van der Waals surface area contributed by atoms with Crippen molar-refractivity contribution in [3.63, 3.8) is 0 Å². The van der Waals surface area contributed by atoms with E-state index in [9.17, 15) is 9.18 Å². The molecule has 2 aromatic rings. The quantitative estimate of drug-likeness (QED) is 0.173. The molecule has 3 rings (SSSR count). The summed E-state index contributed by atoms with van der Waals surface area (Å²) in [5.41, 5.74) is 6.78. The molecule has 1 aromatic carbocycles. The molecule has 1 fully saturated rings. The van der Waals surface area contributed by atoms with Crippen molar-refractivity contribution in [2.75, 3.05) is 11.4 Å². The van der Waals surface area contributed by atoms with Crippen molar-refractivity contribution in [2.24, 2.45) is 10.9 Å². The van der Waals surface area contributed by atoms with Gasteiger partial charge in [-0.2, -0.15) is 4.98 Å². The molecule has 1 aliphatic rings. The number of allylic oxidation sites excluding steroid dienone is 1. The summed E-state index contributed by atoms with van der Waals surface area (Å²) >= 11 is 0. The van der Waals surface area contributed by atoms with Crippen LogP contribution in [0.5, 0.6) is 0 Å². The molecule has 31 heavy (non-hydrogen) atoms. The predicted molar refractivity (Wildman–Crippen MR) is 115 cm³/mol. The number of unbranched alkanes of at least 4 members (excludes halogenated alkanes) is 2. The van der Waals surface area contributed by atoms with Gasteiger partial charge in [0.2, 0.25) is 11.8 Å². The molecule has 0 unspecified atom stereocenters. The zero-order valence-electron chi connectivity index (χ0n) is 17.5. The van der Waals surface area contributed by atoms with E-state index in [4.69, 9.17) is 15.5 Å². The van der Waals surface area contributed by atoms with E-state index < -0.39 is 5.83 Å². The molecule has 1 saturated carbocycles. The van der Waals surface area contributed by atoms with Gasteiger partial charge in [0.1, 0.15) is 0 Å². The molecule has 0 atom stereocenters. The topological polar surface area (TPSA) is 118 Å². The zero-order chi connectivity index (χ0) is 22.2. The molecule has 1 heterocycles. The van der Waals surface area contributed by atoms with Crippen LogP contribution in [-0.4, -0.2) is 33.6 Å². The van der Waals surface area contributed by atoms with Crippen LogP contribution >= 0.6 is 0 Å². The van der Waals surface area contributed by atoms with Gasteiger partial charge in [0.25, 0.3) is 0 Å². The molecule has 0 spiro atoms. The van der Waals surface area contributed by atoms with Crippen molar-refractivity contribution < 1.29 is 18.9 Å². The Labute approximate surface area is 180 Å². The summed E-state index contributed by atoms with van der Waals surface area (Å²) in [5.74, 6) is 1.16. The minimum Gasteiger partial charge on any atom is -0.409 e. The van der Waals surface area contributed by atoms with E-state index in [2.05, 4.69) is 21.9 Å². The maximum atomic E-state index is 13.1. The maximum Gasteiger partial charge on any atom is 0.227 e. The molecular formula is C22H28FN5O3. The molecule has 8 nitrogen and oxygen atoms in total. The van der Waals surface area contributed by atoms with E-state index in [-0.39, 0.29) is 24.6 Å². The number of hydrogen-bond acceptors (Lipinski definition) is 6. The van der Waals surface area contributed by atoms with Crippen LogP contribution in [0, 0.1) is 0 Å². The van der Waals surface area contributed by atoms with Crippen LogP contribution in [0.2, 0.25) is 0 Å². The van der Waals surface area contributed by atoms with E-state index in [0.717, 1.165) is 37.9 Å². The highest BCUT2D eigenvalue weighted by atomic mass is 19.1. The monoisotopic (exact) mass is 429 g/mol. The number of carbonyl (C=O) groups excluding carboxylic acids is 1. The van der Waals surface area contributed by atoms with Gasteiger partial charge in [-0.15, -0.1) is 0 Å². The number of rotatable bonds is 12. The summed E-state index contributed by atoms with van der Waals surface area (Å²) in [6.07, 6.45) is 5.45. The second-order valence-electron chi connectivity index (χ2n) is 7.73. The molecular weight excluding hydrogens is 401 g/mol. The van der Waals surface area contributed by atoms with E-state index in [1.54, 1.807) is 29.2 Å². The third kappa shape index (κ3) is 6.63. The number of amidine groups is 1. The number of amides is 1. The van der Waals surface area contributed by atoms with Gasteiger partial charge >= 0.3 is 0 Å². The Bertz CT molecular complexity index is 939. The number of hydrogen-bond donors (Lipinski definition) is 2. The van der Waals surface area contributed by atoms with Crippen LogP contribution in [-0.2, 0) is 11.2 Å². The average molecular weight is 429 g/mol. The van der Waals surface area contributed by atoms with Gasteiger partial charge in [0.05, 0.1) is 5.83 Å². The molecule has 1 amide bonds. The molecule has 1 aliphatic carbocycles. The Hall–Kier alpha value is -3.23. The fraction of sp³-hybridized carbons (Fsp3) is 0.455. The van der Waals surface area contributed by atoms with Crippen molar-refractivity contribution in [2.45, 2.75) is 57.3 Å². The minimum absolute atomic E-state index is 0.0181. The highest BCUT2D eigenvalue weighted by Gasteiger charge is 2.28. The SMILES string of the molecule is C=C(F)CCC(=O)N(CCCCCc1nc(C2CC2)no1)c1cccc(/C(N)=N/O)c1. The van der Waals surface area contributed by atoms with E-state index >= 15 is 0 Å². The summed E-state index contributed by atoms with van der Waals surface area (Å²) in [4.78, 5) is 18.8. The van der Waals surface area contributed by atoms with Crippen LogP contribution in [0.3, 0.4) is 0 Å². The Morgan fingerprint density at radius 3 is 2.84 bits per heavy atom. The van der Waals surface area contributed by atoms with E-state index in [1.807, 2.05) is 0 Å². The molecule has 166 valence electrons. The highest BCUT2D eigenvalue weighted by Crippen LogP contribution is 2.38. The number of anilines is 1. The summed E-state index contributed by atoms with van der Waals surface area (Å²) < 4.78 is 18.4. The predicted octanol–water partition coefficient (Wildman–Crippen LogP) is 4.05. The number of halogens is 1. The van der Waals surface area contributed by atoms with Gasteiger partial charge in [-0.1, -0.05) is 35.4 Å². The highest BCUT2D eigenvalue weighted by molar-refractivity contribution is 5.99. The van der Waals surface area contributed by atoms with Crippen molar-refractivity contribution in [1.29, 1.82) is 0 Å². The van der Waals surface area contributed by atoms with Gasteiger partial charge in [-0.25, -0.2) is 4.39 Å². The first kappa shape index (κ1) is 22.5. The Morgan fingerprint density at radius 2 is 2.13 bits per heavy atom. The molecule has 1 aromatic heterocycles. The Balaban J connectivity index is 1.56. The summed E-state index contributed by atoms with van der Waals surface area (Å²) in [5, 5.41) is 15.9. The number of aromatic nitrogens is 2. The fourth-order valence-corrected chi connectivity index (χ4v) is 3.27. The number of benzene rings is 1. The number of carbonyl (C=O) groups is 1. The standard InChI is InChI=1S/C22H28FN5O3/c1-15(23)9-12-20(29)28(18-7-5-6-17(14-18)21(24)26-30)13-4-2-3-8-19-25-22(27-31-19)16-10-11-16/h5-7,14,16,30H,1-4,8-13H2,(H2,24,26). The average Bonchev–Trinajstić information content (AvgIpc) is 3.52. The first-order valence-corrected chi connectivity index (χ1v) is 10.5. The van der Waals surface area contributed by atoms with Crippen molar-refractivity contribution >= 4 is 17.4 Å². The third-order valence-corrected chi connectivity index (χ3v) is 5.17. The van der Waals surface area contributed by atoms with Crippen LogP contribution in [0.15, 0.2) is 46.4 Å². The first-order valence-electron chi connectivity index (χ1n) is 10.5. The maximum absolute atomic E-state index is 13.1. The van der Waals surface area contributed by atoms with Gasteiger partial charge in [-0.3, -0.25) is 4.79 Å². The van der Waals surface area contributed by atoms with Gasteiger partial charge in [-0.05, 0) is 37.8 Å². The van der Waals surface area contributed by atoms with Crippen molar-refractivity contribution in [1.82, 2.24) is 10.1 Å². The lowest BCUT2D eigenvalue weighted by Gasteiger charge is -2.23. The normalized spacial score (nSPS) is 13.9. The molecule has 0 aliphatic heterocycles. The number of oxime groups is 1. The smallest absolute Gasteiger partial charge is 0.227 e. The summed E-state index contributed by atoms with van der Waals surface area (Å²) in [6, 6.07) is 6.86. The van der Waals surface area contributed by atoms with Gasteiger partial charge in [0.15, 0.2) is 11.7 Å². The number of nitrogens with zero attached hydrogens (tertiary/aromatic N) is 4. The van der Waals surface area contributed by atoms with Gasteiger partial charge < -0.3 is 20.4 Å². The number of nitrogens with two attached hydrogens (primary N) is 1. The van der Waals surface area contributed by atoms with Crippen LogP contribution in [0.25, 0.3) is 0 Å². The summed E-state index contributed by atoms with van der Waals surface area (Å²) in [6.45, 7) is 3.69. The summed E-state index contributed by atoms with van der Waals surface area (Å²) in [7, 11) is 0. The molecule has 0 radical (unpaired) electrons. The number of aryl methyl sites for hydroxylation is 1. The van der Waals surface area contributed by atoms with Crippen LogP contribution in [0.4, 0.5) is 10.1 Å².